The van der Waals surface area contributed by atoms with E-state index in [0.29, 0.717) is 19.2 Å². The number of piperazine rings is 1. The number of rotatable bonds is 6. The van der Waals surface area contributed by atoms with E-state index in [2.05, 4.69) is 11.4 Å². The van der Waals surface area contributed by atoms with Crippen LogP contribution >= 0.6 is 0 Å². The van der Waals surface area contributed by atoms with E-state index in [9.17, 15) is 22.0 Å². The van der Waals surface area contributed by atoms with E-state index in [1.165, 1.54) is 5.56 Å². The second-order valence-electron chi connectivity index (χ2n) is 7.89. The molecule has 1 N–H and O–H groups in total. The fourth-order valence-electron chi connectivity index (χ4n) is 3.55. The van der Waals surface area contributed by atoms with Crippen LogP contribution in [0.15, 0.2) is 41.3 Å². The fourth-order valence-corrected chi connectivity index (χ4v) is 5.05. The zero-order valence-corrected chi connectivity index (χ0v) is 18.7. The standard InChI is InChI=1S/C22H27F2N3O3S/c1-15-4-5-18(12-16(15)2)17(3)25-22(28)14-26-8-10-27(11-9-26)31(29,30)21-13-19(23)6-7-20(21)24/h4-7,12-13,17H,8-11,14H2,1-3H3,(H,25,28). The van der Waals surface area contributed by atoms with Crippen LogP contribution in [0.3, 0.4) is 0 Å². The Morgan fingerprint density at radius 2 is 1.71 bits per heavy atom. The first kappa shape index (κ1) is 23.3. The van der Waals surface area contributed by atoms with Gasteiger partial charge in [0.1, 0.15) is 16.5 Å². The van der Waals surface area contributed by atoms with Gasteiger partial charge in [-0.3, -0.25) is 9.69 Å². The molecule has 0 bridgehead atoms. The quantitative estimate of drug-likeness (QED) is 0.733. The van der Waals surface area contributed by atoms with E-state index in [0.717, 1.165) is 27.6 Å². The van der Waals surface area contributed by atoms with Crippen molar-refractivity contribution in [2.45, 2.75) is 31.7 Å². The molecule has 1 aliphatic rings. The molecular weight excluding hydrogens is 424 g/mol. The van der Waals surface area contributed by atoms with Gasteiger partial charge in [0.15, 0.2) is 0 Å². The molecule has 1 atom stereocenters. The van der Waals surface area contributed by atoms with Crippen molar-refractivity contribution >= 4 is 15.9 Å². The number of benzene rings is 2. The summed E-state index contributed by atoms with van der Waals surface area (Å²) in [5, 5.41) is 2.97. The summed E-state index contributed by atoms with van der Waals surface area (Å²) in [6, 6.07) is 8.29. The zero-order chi connectivity index (χ0) is 22.8. The molecule has 2 aromatic carbocycles. The highest BCUT2D eigenvalue weighted by molar-refractivity contribution is 7.89. The van der Waals surface area contributed by atoms with E-state index in [1.54, 1.807) is 0 Å². The first-order chi connectivity index (χ1) is 14.6. The van der Waals surface area contributed by atoms with Crippen LogP contribution in [0.1, 0.15) is 29.7 Å². The Bertz CT molecular complexity index is 1070. The van der Waals surface area contributed by atoms with E-state index < -0.39 is 26.6 Å². The van der Waals surface area contributed by atoms with Crippen LogP contribution in [0.25, 0.3) is 0 Å². The van der Waals surface area contributed by atoms with Crippen LogP contribution < -0.4 is 5.32 Å². The zero-order valence-electron chi connectivity index (χ0n) is 17.9. The van der Waals surface area contributed by atoms with Gasteiger partial charge in [-0.2, -0.15) is 4.31 Å². The Labute approximate surface area is 181 Å². The molecule has 31 heavy (non-hydrogen) atoms. The predicted octanol–water partition coefficient (Wildman–Crippen LogP) is 2.77. The van der Waals surface area contributed by atoms with Crippen LogP contribution in [-0.2, 0) is 14.8 Å². The molecule has 1 amide bonds. The maximum absolute atomic E-state index is 13.9. The smallest absolute Gasteiger partial charge is 0.246 e. The average Bonchev–Trinajstić information content (AvgIpc) is 2.72. The minimum Gasteiger partial charge on any atom is -0.348 e. The lowest BCUT2D eigenvalue weighted by Gasteiger charge is -2.33. The molecule has 2 aromatic rings. The molecular formula is C22H27F2N3O3S. The average molecular weight is 452 g/mol. The molecule has 9 heteroatoms. The lowest BCUT2D eigenvalue weighted by Crippen LogP contribution is -2.51. The highest BCUT2D eigenvalue weighted by Crippen LogP contribution is 2.22. The third kappa shape index (κ3) is 5.47. The van der Waals surface area contributed by atoms with Crippen molar-refractivity contribution in [2.24, 2.45) is 0 Å². The van der Waals surface area contributed by atoms with Gasteiger partial charge in [-0.15, -0.1) is 0 Å². The molecule has 1 fully saturated rings. The van der Waals surface area contributed by atoms with E-state index in [1.807, 2.05) is 37.8 Å². The maximum Gasteiger partial charge on any atom is 0.246 e. The summed E-state index contributed by atoms with van der Waals surface area (Å²) >= 11 is 0. The highest BCUT2D eigenvalue weighted by Gasteiger charge is 2.31. The molecule has 0 spiro atoms. The number of hydrogen-bond donors (Lipinski definition) is 1. The topological polar surface area (TPSA) is 69.7 Å². The van der Waals surface area contributed by atoms with Gasteiger partial charge in [-0.25, -0.2) is 17.2 Å². The first-order valence-corrected chi connectivity index (χ1v) is 11.6. The largest absolute Gasteiger partial charge is 0.348 e. The van der Waals surface area contributed by atoms with Gasteiger partial charge in [-0.1, -0.05) is 18.2 Å². The summed E-state index contributed by atoms with van der Waals surface area (Å²) in [6.07, 6.45) is 0. The number of sulfonamides is 1. The summed E-state index contributed by atoms with van der Waals surface area (Å²) in [5.41, 5.74) is 3.36. The molecule has 1 unspecified atom stereocenters. The van der Waals surface area contributed by atoms with Crippen LogP contribution in [0, 0.1) is 25.5 Å². The van der Waals surface area contributed by atoms with Crippen molar-refractivity contribution in [3.63, 3.8) is 0 Å². The Balaban J connectivity index is 1.55. The van der Waals surface area contributed by atoms with Gasteiger partial charge in [-0.05, 0) is 55.7 Å². The number of hydrogen-bond acceptors (Lipinski definition) is 4. The van der Waals surface area contributed by atoms with Gasteiger partial charge in [0.05, 0.1) is 12.6 Å². The molecule has 1 heterocycles. The van der Waals surface area contributed by atoms with Gasteiger partial charge < -0.3 is 5.32 Å². The third-order valence-corrected chi connectivity index (χ3v) is 7.53. The molecule has 6 nitrogen and oxygen atoms in total. The number of nitrogens with one attached hydrogen (secondary N) is 1. The van der Waals surface area contributed by atoms with Crippen LogP contribution in [-0.4, -0.2) is 56.3 Å². The summed E-state index contributed by atoms with van der Waals surface area (Å²) < 4.78 is 53.8. The third-order valence-electron chi connectivity index (χ3n) is 5.62. The predicted molar refractivity (Wildman–Crippen MR) is 114 cm³/mol. The van der Waals surface area contributed by atoms with E-state index in [-0.39, 0.29) is 31.6 Å². The second kappa shape index (κ2) is 9.42. The van der Waals surface area contributed by atoms with Crippen molar-refractivity contribution in [3.8, 4) is 0 Å². The van der Waals surface area contributed by atoms with Gasteiger partial charge in [0.25, 0.3) is 0 Å². The summed E-state index contributed by atoms with van der Waals surface area (Å²) in [4.78, 5) is 13.6. The normalized spacial score (nSPS) is 16.8. The van der Waals surface area contributed by atoms with Gasteiger partial charge in [0.2, 0.25) is 15.9 Å². The second-order valence-corrected chi connectivity index (χ2v) is 9.79. The molecule has 0 aliphatic carbocycles. The molecule has 0 saturated carbocycles. The number of carbonyl (C=O) groups excluding carboxylic acids is 1. The van der Waals surface area contributed by atoms with Gasteiger partial charge >= 0.3 is 0 Å². The number of amides is 1. The highest BCUT2D eigenvalue weighted by atomic mass is 32.2. The Kier molecular flexibility index (Phi) is 7.08. The Morgan fingerprint density at radius 3 is 2.35 bits per heavy atom. The Morgan fingerprint density at radius 1 is 1.03 bits per heavy atom. The van der Waals surface area contributed by atoms with Crippen molar-refractivity contribution in [1.29, 1.82) is 0 Å². The minimum absolute atomic E-state index is 0.0955. The molecule has 168 valence electrons. The van der Waals surface area contributed by atoms with E-state index in [4.69, 9.17) is 0 Å². The van der Waals surface area contributed by atoms with Crippen LogP contribution in [0.4, 0.5) is 8.78 Å². The maximum atomic E-state index is 13.9. The molecule has 3 rings (SSSR count). The molecule has 0 radical (unpaired) electrons. The molecule has 1 aliphatic heterocycles. The van der Waals surface area contributed by atoms with Crippen LogP contribution in [0.5, 0.6) is 0 Å². The molecule has 0 aromatic heterocycles. The van der Waals surface area contributed by atoms with Gasteiger partial charge in [0, 0.05) is 26.2 Å². The summed E-state index contributed by atoms with van der Waals surface area (Å²) in [5.74, 6) is -1.95. The number of halogens is 2. The van der Waals surface area contributed by atoms with Crippen molar-refractivity contribution in [2.75, 3.05) is 32.7 Å². The lowest BCUT2D eigenvalue weighted by molar-refractivity contribution is -0.123. The van der Waals surface area contributed by atoms with Crippen molar-refractivity contribution < 1.29 is 22.0 Å². The minimum atomic E-state index is -4.14. The summed E-state index contributed by atoms with van der Waals surface area (Å²) in [7, 11) is -4.14. The summed E-state index contributed by atoms with van der Waals surface area (Å²) in [6.45, 7) is 6.94. The van der Waals surface area contributed by atoms with Crippen molar-refractivity contribution in [3.05, 3.63) is 64.7 Å². The lowest BCUT2D eigenvalue weighted by atomic mass is 10.0. The first-order valence-electron chi connectivity index (χ1n) is 10.1. The number of carbonyl (C=O) groups is 1. The monoisotopic (exact) mass is 451 g/mol. The molecule has 1 saturated heterocycles. The van der Waals surface area contributed by atoms with E-state index >= 15 is 0 Å². The van der Waals surface area contributed by atoms with Crippen molar-refractivity contribution in [1.82, 2.24) is 14.5 Å². The SMILES string of the molecule is Cc1ccc(C(C)NC(=O)CN2CCN(S(=O)(=O)c3cc(F)ccc3F)CC2)cc1C. The fraction of sp³-hybridized carbons (Fsp3) is 0.409. The van der Waals surface area contributed by atoms with Crippen LogP contribution in [0.2, 0.25) is 0 Å². The number of aryl methyl sites for hydroxylation is 2. The number of nitrogens with zero attached hydrogens (tertiary/aromatic N) is 2. The Hall–Kier alpha value is -2.36.